The lowest BCUT2D eigenvalue weighted by atomic mass is 10.1. The minimum Gasteiger partial charge on any atom is -0.506 e. The first-order chi connectivity index (χ1) is 7.61. The smallest absolute Gasteiger partial charge is 0.145 e. The van der Waals surface area contributed by atoms with Crippen molar-refractivity contribution in [2.75, 3.05) is 0 Å². The van der Waals surface area contributed by atoms with E-state index in [9.17, 15) is 5.11 Å². The van der Waals surface area contributed by atoms with Crippen molar-refractivity contribution in [3.63, 3.8) is 0 Å². The average molecular weight is 255 g/mol. The van der Waals surface area contributed by atoms with Gasteiger partial charge in [-0.3, -0.25) is 0 Å². The highest BCUT2D eigenvalue weighted by molar-refractivity contribution is 6.43. The van der Waals surface area contributed by atoms with E-state index in [1.54, 1.807) is 35.4 Å². The van der Waals surface area contributed by atoms with E-state index in [0.717, 1.165) is 0 Å². The molecule has 0 aliphatic rings. The molecule has 2 aromatic rings. The molecule has 0 unspecified atom stereocenters. The molecule has 0 amide bonds. The number of aromatic nitrogens is 2. The quantitative estimate of drug-likeness (QED) is 0.892. The fourth-order valence-corrected chi connectivity index (χ4v) is 1.65. The van der Waals surface area contributed by atoms with Crippen LogP contribution in [0.4, 0.5) is 0 Å². The predicted octanol–water partition coefficient (Wildman–Crippen LogP) is 3.41. The van der Waals surface area contributed by atoms with Gasteiger partial charge in [-0.25, -0.2) is 4.98 Å². The van der Waals surface area contributed by atoms with Crippen molar-refractivity contribution in [2.45, 2.75) is 0 Å². The Kier molecular flexibility index (Phi) is 2.90. The van der Waals surface area contributed by atoms with Crippen LogP contribution in [-0.4, -0.2) is 14.7 Å². The fraction of sp³-hybridized carbons (Fsp3) is 0. The number of rotatable bonds is 2. The van der Waals surface area contributed by atoms with Crippen LogP contribution in [0.15, 0.2) is 37.4 Å². The van der Waals surface area contributed by atoms with Crippen LogP contribution < -0.4 is 0 Å². The third-order valence-corrected chi connectivity index (χ3v) is 2.99. The monoisotopic (exact) mass is 254 g/mol. The SMILES string of the molecule is C=C(c1ccc(Cl)c(Cl)c1O)n1ccnc1. The van der Waals surface area contributed by atoms with Gasteiger partial charge in [0.05, 0.1) is 17.0 Å². The molecular weight excluding hydrogens is 247 g/mol. The number of benzene rings is 1. The summed E-state index contributed by atoms with van der Waals surface area (Å²) in [4.78, 5) is 3.90. The van der Waals surface area contributed by atoms with Crippen LogP contribution >= 0.6 is 23.2 Å². The molecule has 1 heterocycles. The molecule has 82 valence electrons. The Balaban J connectivity index is 2.50. The van der Waals surface area contributed by atoms with Crippen LogP contribution in [0.5, 0.6) is 5.75 Å². The van der Waals surface area contributed by atoms with E-state index >= 15 is 0 Å². The van der Waals surface area contributed by atoms with Gasteiger partial charge in [0.2, 0.25) is 0 Å². The summed E-state index contributed by atoms with van der Waals surface area (Å²) in [5.41, 5.74) is 1.10. The van der Waals surface area contributed by atoms with Gasteiger partial charge in [-0.15, -0.1) is 0 Å². The summed E-state index contributed by atoms with van der Waals surface area (Å²) in [6, 6.07) is 3.27. The van der Waals surface area contributed by atoms with Gasteiger partial charge >= 0.3 is 0 Å². The van der Waals surface area contributed by atoms with Crippen LogP contribution in [0, 0.1) is 0 Å². The van der Waals surface area contributed by atoms with Gasteiger partial charge in [0.1, 0.15) is 10.8 Å². The Hall–Kier alpha value is -1.45. The summed E-state index contributed by atoms with van der Waals surface area (Å²) in [7, 11) is 0. The molecule has 1 N–H and O–H groups in total. The summed E-state index contributed by atoms with van der Waals surface area (Å²) in [6.07, 6.45) is 4.94. The minimum atomic E-state index is -0.0760. The molecule has 16 heavy (non-hydrogen) atoms. The van der Waals surface area contributed by atoms with Crippen LogP contribution in [0.25, 0.3) is 5.70 Å². The molecular formula is C11H8Cl2N2O. The Morgan fingerprint density at radius 1 is 1.38 bits per heavy atom. The number of nitrogens with zero attached hydrogens (tertiary/aromatic N) is 2. The maximum atomic E-state index is 9.84. The summed E-state index contributed by atoms with van der Waals surface area (Å²) in [5, 5.41) is 10.3. The van der Waals surface area contributed by atoms with E-state index in [1.807, 2.05) is 0 Å². The summed E-state index contributed by atoms with van der Waals surface area (Å²) in [6.45, 7) is 3.86. The van der Waals surface area contributed by atoms with Gasteiger partial charge in [0.15, 0.2) is 0 Å². The first-order valence-electron chi connectivity index (χ1n) is 4.46. The Morgan fingerprint density at radius 3 is 2.75 bits per heavy atom. The van der Waals surface area contributed by atoms with Crippen molar-refractivity contribution in [1.29, 1.82) is 0 Å². The molecule has 2 rings (SSSR count). The number of halogens is 2. The van der Waals surface area contributed by atoms with Gasteiger partial charge in [0, 0.05) is 18.0 Å². The molecule has 0 fully saturated rings. The van der Waals surface area contributed by atoms with Crippen molar-refractivity contribution in [3.8, 4) is 5.75 Å². The topological polar surface area (TPSA) is 38.0 Å². The highest BCUT2D eigenvalue weighted by Gasteiger charge is 2.12. The van der Waals surface area contributed by atoms with E-state index in [2.05, 4.69) is 11.6 Å². The van der Waals surface area contributed by atoms with E-state index in [0.29, 0.717) is 16.3 Å². The fourth-order valence-electron chi connectivity index (χ4n) is 1.33. The minimum absolute atomic E-state index is 0.0760. The molecule has 5 heteroatoms. The van der Waals surface area contributed by atoms with Crippen molar-refractivity contribution >= 4 is 28.9 Å². The Morgan fingerprint density at radius 2 is 2.12 bits per heavy atom. The van der Waals surface area contributed by atoms with Crippen LogP contribution in [0.3, 0.4) is 0 Å². The maximum Gasteiger partial charge on any atom is 0.145 e. The van der Waals surface area contributed by atoms with Crippen molar-refractivity contribution in [2.24, 2.45) is 0 Å². The number of imidazole rings is 1. The van der Waals surface area contributed by atoms with Crippen LogP contribution in [-0.2, 0) is 0 Å². The van der Waals surface area contributed by atoms with Crippen molar-refractivity contribution < 1.29 is 5.11 Å². The predicted molar refractivity (Wildman–Crippen MR) is 64.8 cm³/mol. The summed E-state index contributed by atoms with van der Waals surface area (Å²) in [5.74, 6) is -0.0760. The largest absolute Gasteiger partial charge is 0.506 e. The van der Waals surface area contributed by atoms with Crippen molar-refractivity contribution in [1.82, 2.24) is 9.55 Å². The lowest BCUT2D eigenvalue weighted by Crippen LogP contribution is -1.95. The maximum absolute atomic E-state index is 9.84. The van der Waals surface area contributed by atoms with Gasteiger partial charge in [-0.2, -0.15) is 0 Å². The zero-order valence-electron chi connectivity index (χ0n) is 8.19. The zero-order valence-corrected chi connectivity index (χ0v) is 9.70. The second-order valence-electron chi connectivity index (χ2n) is 3.17. The number of phenols is 1. The third kappa shape index (κ3) is 1.79. The summed E-state index contributed by atoms with van der Waals surface area (Å²) >= 11 is 11.6. The van der Waals surface area contributed by atoms with Crippen LogP contribution in [0.1, 0.15) is 5.56 Å². The first kappa shape index (κ1) is 11.0. The standard InChI is InChI=1S/C11H8Cl2N2O/c1-7(15-5-4-14-6-15)8-2-3-9(12)10(13)11(8)16/h2-6,16H,1H2. The van der Waals surface area contributed by atoms with E-state index in [-0.39, 0.29) is 10.8 Å². The van der Waals surface area contributed by atoms with E-state index in [4.69, 9.17) is 23.2 Å². The van der Waals surface area contributed by atoms with Gasteiger partial charge < -0.3 is 9.67 Å². The molecule has 0 saturated heterocycles. The lowest BCUT2D eigenvalue weighted by molar-refractivity contribution is 0.473. The summed E-state index contributed by atoms with van der Waals surface area (Å²) < 4.78 is 1.68. The third-order valence-electron chi connectivity index (χ3n) is 2.20. The molecule has 3 nitrogen and oxygen atoms in total. The average Bonchev–Trinajstić information content (AvgIpc) is 2.79. The molecule has 0 bridgehead atoms. The van der Waals surface area contributed by atoms with Gasteiger partial charge in [0.25, 0.3) is 0 Å². The van der Waals surface area contributed by atoms with E-state index in [1.165, 1.54) is 0 Å². The molecule has 1 aromatic heterocycles. The second-order valence-corrected chi connectivity index (χ2v) is 3.96. The normalized spacial score (nSPS) is 10.4. The number of hydrogen-bond donors (Lipinski definition) is 1. The van der Waals surface area contributed by atoms with Gasteiger partial charge in [-0.1, -0.05) is 29.8 Å². The lowest BCUT2D eigenvalue weighted by Gasteiger charge is -2.10. The number of phenolic OH excluding ortho intramolecular Hbond substituents is 1. The van der Waals surface area contributed by atoms with Crippen LogP contribution in [0.2, 0.25) is 10.0 Å². The number of aromatic hydroxyl groups is 1. The molecule has 1 aromatic carbocycles. The molecule has 0 spiro atoms. The zero-order chi connectivity index (χ0) is 11.7. The molecule has 0 atom stereocenters. The van der Waals surface area contributed by atoms with Crippen molar-refractivity contribution in [3.05, 3.63) is 53.0 Å². The highest BCUT2D eigenvalue weighted by atomic mass is 35.5. The Labute approximate surface area is 103 Å². The molecule has 0 aliphatic heterocycles. The highest BCUT2D eigenvalue weighted by Crippen LogP contribution is 2.37. The first-order valence-corrected chi connectivity index (χ1v) is 5.21. The molecule has 0 saturated carbocycles. The Bertz CT molecular complexity index is 535. The van der Waals surface area contributed by atoms with E-state index < -0.39 is 0 Å². The molecule has 0 aliphatic carbocycles. The second kappa shape index (κ2) is 4.20. The van der Waals surface area contributed by atoms with Gasteiger partial charge in [-0.05, 0) is 12.1 Å². The number of hydrogen-bond acceptors (Lipinski definition) is 2. The molecule has 0 radical (unpaired) electrons.